The summed E-state index contributed by atoms with van der Waals surface area (Å²) in [5.74, 6) is -1.04. The van der Waals surface area contributed by atoms with Crippen molar-refractivity contribution in [1.82, 2.24) is 0 Å². The van der Waals surface area contributed by atoms with E-state index in [1.165, 1.54) is 36.6 Å². The van der Waals surface area contributed by atoms with Crippen LogP contribution in [0.2, 0.25) is 0 Å². The number of methoxy groups -OCH3 is 1. The van der Waals surface area contributed by atoms with Gasteiger partial charge in [0.2, 0.25) is 0 Å². The average molecular weight is 336 g/mol. The normalized spacial score (nSPS) is 9.96. The zero-order valence-corrected chi connectivity index (χ0v) is 12.8. The van der Waals surface area contributed by atoms with Crippen molar-refractivity contribution in [2.24, 2.45) is 0 Å². The molecule has 1 amide bonds. The van der Waals surface area contributed by atoms with E-state index >= 15 is 0 Å². The molecule has 0 aliphatic rings. The smallest absolute Gasteiger partial charge is 0.348 e. The summed E-state index contributed by atoms with van der Waals surface area (Å²) in [5, 5.41) is 14.9. The fourth-order valence-corrected chi connectivity index (χ4v) is 2.30. The number of nitrogens with one attached hydrogen (secondary N) is 1. The molecular formula is C14H12N2O6S. The Morgan fingerprint density at radius 3 is 2.74 bits per heavy atom. The lowest BCUT2D eigenvalue weighted by Crippen LogP contribution is -2.21. The number of non-ortho nitro benzene ring substituents is 1. The predicted molar refractivity (Wildman–Crippen MR) is 82.9 cm³/mol. The molecule has 0 unspecified atom stereocenters. The van der Waals surface area contributed by atoms with Crippen molar-refractivity contribution in [2.75, 3.05) is 19.0 Å². The number of nitro groups is 1. The summed E-state index contributed by atoms with van der Waals surface area (Å²) >= 11 is 1.21. The molecule has 2 rings (SSSR count). The lowest BCUT2D eigenvalue weighted by molar-refractivity contribution is -0.384. The molecule has 1 aromatic carbocycles. The van der Waals surface area contributed by atoms with Crippen molar-refractivity contribution in [1.29, 1.82) is 0 Å². The van der Waals surface area contributed by atoms with Gasteiger partial charge in [-0.2, -0.15) is 0 Å². The fourth-order valence-electron chi connectivity index (χ4n) is 1.68. The maximum atomic E-state index is 11.8. The standard InChI is InChI=1S/C14H12N2O6S/c1-21-11-7-9(16(19)20)4-5-10(11)15-13(17)8-22-14(18)12-3-2-6-23-12/h2-7H,8H2,1H3,(H,15,17). The number of ether oxygens (including phenoxy) is 2. The first-order valence-corrected chi connectivity index (χ1v) is 7.22. The third kappa shape index (κ3) is 4.27. The molecular weight excluding hydrogens is 324 g/mol. The molecule has 0 spiro atoms. The molecule has 0 atom stereocenters. The Morgan fingerprint density at radius 2 is 2.13 bits per heavy atom. The van der Waals surface area contributed by atoms with Crippen LogP contribution < -0.4 is 10.1 Å². The minimum Gasteiger partial charge on any atom is -0.494 e. The van der Waals surface area contributed by atoms with Crippen molar-refractivity contribution < 1.29 is 24.0 Å². The number of rotatable bonds is 6. The Balaban J connectivity index is 1.97. The van der Waals surface area contributed by atoms with Gasteiger partial charge in [-0.25, -0.2) is 4.79 Å². The van der Waals surface area contributed by atoms with Gasteiger partial charge in [0.05, 0.1) is 23.8 Å². The number of benzene rings is 1. The molecule has 0 aliphatic carbocycles. The highest BCUT2D eigenvalue weighted by Gasteiger charge is 2.15. The Hall–Kier alpha value is -2.94. The highest BCUT2D eigenvalue weighted by Crippen LogP contribution is 2.28. The Kier molecular flexibility index (Phi) is 5.26. The Bertz CT molecular complexity index is 729. The van der Waals surface area contributed by atoms with Crippen molar-refractivity contribution in [3.05, 3.63) is 50.7 Å². The molecule has 2 aromatic rings. The van der Waals surface area contributed by atoms with Crippen LogP contribution in [-0.2, 0) is 9.53 Å². The number of esters is 1. The maximum Gasteiger partial charge on any atom is 0.348 e. The van der Waals surface area contributed by atoms with Crippen LogP contribution in [-0.4, -0.2) is 30.5 Å². The SMILES string of the molecule is COc1cc([N+](=O)[O-])ccc1NC(=O)COC(=O)c1cccs1. The molecule has 0 bridgehead atoms. The van der Waals surface area contributed by atoms with Crippen LogP contribution in [0.25, 0.3) is 0 Å². The van der Waals surface area contributed by atoms with Gasteiger partial charge >= 0.3 is 5.97 Å². The highest BCUT2D eigenvalue weighted by molar-refractivity contribution is 7.11. The molecule has 0 saturated carbocycles. The molecule has 8 nitrogen and oxygen atoms in total. The Labute approximate surface area is 134 Å². The zero-order chi connectivity index (χ0) is 16.8. The predicted octanol–water partition coefficient (Wildman–Crippen LogP) is 2.46. The summed E-state index contributed by atoms with van der Waals surface area (Å²) in [6.07, 6.45) is 0. The van der Waals surface area contributed by atoms with E-state index in [-0.39, 0.29) is 17.1 Å². The van der Waals surface area contributed by atoms with Crippen LogP contribution in [0.5, 0.6) is 5.75 Å². The number of hydrogen-bond acceptors (Lipinski definition) is 7. The summed E-state index contributed by atoms with van der Waals surface area (Å²) in [6.45, 7) is -0.475. The lowest BCUT2D eigenvalue weighted by atomic mass is 10.2. The molecule has 0 fully saturated rings. The zero-order valence-electron chi connectivity index (χ0n) is 12.0. The average Bonchev–Trinajstić information content (AvgIpc) is 3.07. The van der Waals surface area contributed by atoms with Crippen molar-refractivity contribution in [2.45, 2.75) is 0 Å². The van der Waals surface area contributed by atoms with Crippen molar-refractivity contribution in [3.8, 4) is 5.75 Å². The number of nitrogens with zero attached hydrogens (tertiary/aromatic N) is 1. The first-order valence-electron chi connectivity index (χ1n) is 6.34. The second kappa shape index (κ2) is 7.36. The van der Waals surface area contributed by atoms with Gasteiger partial charge < -0.3 is 14.8 Å². The summed E-state index contributed by atoms with van der Waals surface area (Å²) in [6, 6.07) is 7.05. The van der Waals surface area contributed by atoms with Gasteiger partial charge in [0, 0.05) is 6.07 Å². The second-order valence-electron chi connectivity index (χ2n) is 4.24. The van der Waals surface area contributed by atoms with Gasteiger partial charge in [0.25, 0.3) is 11.6 Å². The van der Waals surface area contributed by atoms with E-state index < -0.39 is 23.4 Å². The third-order valence-corrected chi connectivity index (χ3v) is 3.58. The summed E-state index contributed by atoms with van der Waals surface area (Å²) in [4.78, 5) is 33.9. The van der Waals surface area contributed by atoms with Crippen molar-refractivity contribution in [3.63, 3.8) is 0 Å². The molecule has 0 radical (unpaired) electrons. The number of anilines is 1. The number of carbonyl (C=O) groups excluding carboxylic acids is 2. The molecule has 9 heteroatoms. The molecule has 1 heterocycles. The summed E-state index contributed by atoms with van der Waals surface area (Å²) in [5.41, 5.74) is 0.0826. The quantitative estimate of drug-likeness (QED) is 0.493. The van der Waals surface area contributed by atoms with Gasteiger partial charge in [-0.1, -0.05) is 6.07 Å². The summed E-state index contributed by atoms with van der Waals surface area (Å²) in [7, 11) is 1.32. The Morgan fingerprint density at radius 1 is 1.35 bits per heavy atom. The van der Waals surface area contributed by atoms with Gasteiger partial charge in [-0.05, 0) is 17.5 Å². The molecule has 120 valence electrons. The summed E-state index contributed by atoms with van der Waals surface area (Å²) < 4.78 is 9.86. The second-order valence-corrected chi connectivity index (χ2v) is 5.19. The van der Waals surface area contributed by atoms with E-state index in [0.717, 1.165) is 0 Å². The monoisotopic (exact) mass is 336 g/mol. The third-order valence-electron chi connectivity index (χ3n) is 2.73. The molecule has 23 heavy (non-hydrogen) atoms. The van der Waals surface area contributed by atoms with Crippen molar-refractivity contribution >= 4 is 34.6 Å². The van der Waals surface area contributed by atoms with E-state index in [9.17, 15) is 19.7 Å². The first-order chi connectivity index (χ1) is 11.0. The number of carbonyl (C=O) groups is 2. The number of hydrogen-bond donors (Lipinski definition) is 1. The van der Waals surface area contributed by atoms with Crippen LogP contribution in [0.1, 0.15) is 9.67 Å². The van der Waals surface area contributed by atoms with Crippen LogP contribution in [0.3, 0.4) is 0 Å². The molecule has 0 aliphatic heterocycles. The number of nitro benzene ring substituents is 1. The van der Waals surface area contributed by atoms with E-state index in [4.69, 9.17) is 9.47 Å². The van der Waals surface area contributed by atoms with Gasteiger partial charge in [-0.3, -0.25) is 14.9 Å². The minimum atomic E-state index is -0.592. The lowest BCUT2D eigenvalue weighted by Gasteiger charge is -2.10. The van der Waals surface area contributed by atoms with E-state index in [0.29, 0.717) is 4.88 Å². The van der Waals surface area contributed by atoms with Crippen LogP contribution in [0.15, 0.2) is 35.7 Å². The van der Waals surface area contributed by atoms with Gasteiger partial charge in [0.15, 0.2) is 6.61 Å². The largest absolute Gasteiger partial charge is 0.494 e. The molecule has 0 saturated heterocycles. The highest BCUT2D eigenvalue weighted by atomic mass is 32.1. The fraction of sp³-hybridized carbons (Fsp3) is 0.143. The van der Waals surface area contributed by atoms with Crippen LogP contribution in [0, 0.1) is 10.1 Å². The van der Waals surface area contributed by atoms with Gasteiger partial charge in [0.1, 0.15) is 10.6 Å². The minimum absolute atomic E-state index is 0.136. The topological polar surface area (TPSA) is 108 Å². The number of thiophene rings is 1. The van der Waals surface area contributed by atoms with Crippen LogP contribution in [0.4, 0.5) is 11.4 Å². The molecule has 1 aromatic heterocycles. The van der Waals surface area contributed by atoms with Gasteiger partial charge in [-0.15, -0.1) is 11.3 Å². The van der Waals surface area contributed by atoms with Crippen LogP contribution >= 0.6 is 11.3 Å². The van der Waals surface area contributed by atoms with E-state index in [1.54, 1.807) is 17.5 Å². The maximum absolute atomic E-state index is 11.8. The molecule has 1 N–H and O–H groups in total. The van der Waals surface area contributed by atoms with E-state index in [1.807, 2.05) is 0 Å². The first kappa shape index (κ1) is 16.4. The number of amides is 1. The van der Waals surface area contributed by atoms with E-state index in [2.05, 4.69) is 5.32 Å².